The van der Waals surface area contributed by atoms with Gasteiger partial charge in [0, 0.05) is 4.47 Å². The predicted octanol–water partition coefficient (Wildman–Crippen LogP) is 2.40. The van der Waals surface area contributed by atoms with Gasteiger partial charge < -0.3 is 0 Å². The first kappa shape index (κ1) is 7.87. The van der Waals surface area contributed by atoms with Gasteiger partial charge in [0.15, 0.2) is 0 Å². The summed E-state index contributed by atoms with van der Waals surface area (Å²) in [5, 5.41) is 2.27. The zero-order valence-corrected chi connectivity index (χ0v) is 8.01. The standard InChI is InChI=1S/C10H6BBr/c11-9-5-1-4-8-7(9)3-2-6-10(8)12/h1-6H. The van der Waals surface area contributed by atoms with Crippen LogP contribution >= 0.6 is 15.9 Å². The molecule has 0 bridgehead atoms. The Labute approximate surface area is 81.1 Å². The first-order chi connectivity index (χ1) is 5.79. The van der Waals surface area contributed by atoms with Crippen LogP contribution in [0.2, 0.25) is 0 Å². The summed E-state index contributed by atoms with van der Waals surface area (Å²) in [5.74, 6) is 0. The number of halogens is 1. The van der Waals surface area contributed by atoms with E-state index in [4.69, 9.17) is 7.85 Å². The van der Waals surface area contributed by atoms with E-state index in [1.807, 2.05) is 30.3 Å². The lowest BCUT2D eigenvalue weighted by molar-refractivity contribution is 1.73. The maximum Gasteiger partial charge on any atom is 0.114 e. The maximum atomic E-state index is 5.80. The van der Waals surface area contributed by atoms with E-state index in [2.05, 4.69) is 22.0 Å². The first-order valence-electron chi connectivity index (χ1n) is 3.72. The van der Waals surface area contributed by atoms with Crippen molar-refractivity contribution in [1.29, 1.82) is 0 Å². The Morgan fingerprint density at radius 3 is 2.33 bits per heavy atom. The molecule has 0 saturated heterocycles. The van der Waals surface area contributed by atoms with Gasteiger partial charge in [0.05, 0.1) is 0 Å². The molecular weight excluding hydrogens is 211 g/mol. The molecule has 2 radical (unpaired) electrons. The second-order valence-electron chi connectivity index (χ2n) is 2.68. The summed E-state index contributed by atoms with van der Waals surface area (Å²) in [7, 11) is 5.80. The van der Waals surface area contributed by atoms with Gasteiger partial charge in [-0.05, 0) is 16.8 Å². The Hall–Kier alpha value is -0.755. The molecule has 0 amide bonds. The molecular formula is C10H6BBr. The highest BCUT2D eigenvalue weighted by Crippen LogP contribution is 2.21. The Kier molecular flexibility index (Phi) is 1.93. The highest BCUT2D eigenvalue weighted by atomic mass is 79.9. The summed E-state index contributed by atoms with van der Waals surface area (Å²) in [5.41, 5.74) is 0.828. The van der Waals surface area contributed by atoms with Crippen LogP contribution in [-0.4, -0.2) is 7.85 Å². The number of hydrogen-bond donors (Lipinski definition) is 0. The van der Waals surface area contributed by atoms with Gasteiger partial charge in [-0.1, -0.05) is 51.7 Å². The van der Waals surface area contributed by atoms with Gasteiger partial charge in [0.25, 0.3) is 0 Å². The normalized spacial score (nSPS) is 10.4. The Morgan fingerprint density at radius 2 is 1.58 bits per heavy atom. The van der Waals surface area contributed by atoms with E-state index in [-0.39, 0.29) is 0 Å². The minimum Gasteiger partial charge on any atom is -0.0889 e. The highest BCUT2D eigenvalue weighted by Gasteiger charge is 1.97. The zero-order chi connectivity index (χ0) is 8.55. The second kappa shape index (κ2) is 2.94. The van der Waals surface area contributed by atoms with E-state index in [1.54, 1.807) is 0 Å². The number of hydrogen-bond acceptors (Lipinski definition) is 0. The minimum absolute atomic E-state index is 0.828. The van der Waals surface area contributed by atoms with Crippen LogP contribution < -0.4 is 5.46 Å². The van der Waals surface area contributed by atoms with Crippen molar-refractivity contribution < 1.29 is 0 Å². The third-order valence-corrected chi connectivity index (χ3v) is 2.59. The molecule has 56 valence electrons. The van der Waals surface area contributed by atoms with Gasteiger partial charge in [-0.15, -0.1) is 0 Å². The van der Waals surface area contributed by atoms with Gasteiger partial charge in [-0.3, -0.25) is 0 Å². The molecule has 0 aromatic heterocycles. The Balaban J connectivity index is 2.94. The van der Waals surface area contributed by atoms with Crippen LogP contribution in [0.1, 0.15) is 0 Å². The van der Waals surface area contributed by atoms with Gasteiger partial charge in [0.2, 0.25) is 0 Å². The van der Waals surface area contributed by atoms with E-state index in [9.17, 15) is 0 Å². The van der Waals surface area contributed by atoms with Crippen molar-refractivity contribution in [2.75, 3.05) is 0 Å². The second-order valence-corrected chi connectivity index (χ2v) is 3.54. The van der Waals surface area contributed by atoms with Crippen LogP contribution in [0.5, 0.6) is 0 Å². The van der Waals surface area contributed by atoms with Crippen LogP contribution in [0.25, 0.3) is 10.8 Å². The molecule has 2 heteroatoms. The molecule has 2 aromatic rings. The van der Waals surface area contributed by atoms with E-state index in [0.717, 1.165) is 20.7 Å². The SMILES string of the molecule is [B]c1cccc2c(Br)cccc12. The molecule has 0 fully saturated rings. The van der Waals surface area contributed by atoms with Gasteiger partial charge >= 0.3 is 0 Å². The minimum atomic E-state index is 0.828. The summed E-state index contributed by atoms with van der Waals surface area (Å²) >= 11 is 3.48. The molecule has 2 rings (SSSR count). The molecule has 0 unspecified atom stereocenters. The molecule has 0 nitrogen and oxygen atoms in total. The average Bonchev–Trinajstić information content (AvgIpc) is 2.07. The van der Waals surface area contributed by atoms with Gasteiger partial charge in [-0.25, -0.2) is 0 Å². The lowest BCUT2D eigenvalue weighted by Gasteiger charge is -2.02. The van der Waals surface area contributed by atoms with Crippen molar-refractivity contribution in [3.63, 3.8) is 0 Å². The molecule has 0 heterocycles. The quantitative estimate of drug-likeness (QED) is 0.594. The molecule has 0 aliphatic heterocycles. The van der Waals surface area contributed by atoms with E-state index >= 15 is 0 Å². The predicted molar refractivity (Wildman–Crippen MR) is 57.0 cm³/mol. The molecule has 0 spiro atoms. The van der Waals surface area contributed by atoms with Crippen LogP contribution in [0.4, 0.5) is 0 Å². The van der Waals surface area contributed by atoms with Gasteiger partial charge in [-0.2, -0.15) is 0 Å². The fraction of sp³-hybridized carbons (Fsp3) is 0. The van der Waals surface area contributed by atoms with Crippen LogP contribution in [0.15, 0.2) is 40.9 Å². The van der Waals surface area contributed by atoms with E-state index in [0.29, 0.717) is 0 Å². The monoisotopic (exact) mass is 216 g/mol. The maximum absolute atomic E-state index is 5.80. The molecule has 0 N–H and O–H groups in total. The Morgan fingerprint density at radius 1 is 0.917 bits per heavy atom. The van der Waals surface area contributed by atoms with Crippen molar-refractivity contribution in [1.82, 2.24) is 0 Å². The summed E-state index contributed by atoms with van der Waals surface area (Å²) in [6.07, 6.45) is 0. The van der Waals surface area contributed by atoms with Crippen LogP contribution in [0, 0.1) is 0 Å². The molecule has 0 aliphatic rings. The summed E-state index contributed by atoms with van der Waals surface area (Å²) in [6.45, 7) is 0. The third kappa shape index (κ3) is 1.16. The van der Waals surface area contributed by atoms with E-state index in [1.165, 1.54) is 0 Å². The lowest BCUT2D eigenvalue weighted by atomic mass is 9.90. The third-order valence-electron chi connectivity index (χ3n) is 1.90. The molecule has 2 aromatic carbocycles. The fourth-order valence-corrected chi connectivity index (χ4v) is 1.79. The average molecular weight is 217 g/mol. The van der Waals surface area contributed by atoms with Crippen LogP contribution in [-0.2, 0) is 0 Å². The molecule has 0 aliphatic carbocycles. The Bertz CT molecular complexity index is 382. The fourth-order valence-electron chi connectivity index (χ4n) is 1.30. The van der Waals surface area contributed by atoms with Crippen molar-refractivity contribution in [2.45, 2.75) is 0 Å². The van der Waals surface area contributed by atoms with Crippen molar-refractivity contribution in [3.05, 3.63) is 40.9 Å². The highest BCUT2D eigenvalue weighted by molar-refractivity contribution is 9.10. The smallest absolute Gasteiger partial charge is 0.0889 e. The van der Waals surface area contributed by atoms with Crippen molar-refractivity contribution >= 4 is 40.0 Å². The molecule has 0 saturated carbocycles. The number of fused-ring (bicyclic) bond motifs is 1. The number of rotatable bonds is 0. The summed E-state index contributed by atoms with van der Waals surface area (Å²) in [4.78, 5) is 0. The lowest BCUT2D eigenvalue weighted by Crippen LogP contribution is -2.02. The van der Waals surface area contributed by atoms with Crippen LogP contribution in [0.3, 0.4) is 0 Å². The largest absolute Gasteiger partial charge is 0.114 e. The topological polar surface area (TPSA) is 0 Å². The van der Waals surface area contributed by atoms with Gasteiger partial charge in [0.1, 0.15) is 7.85 Å². The summed E-state index contributed by atoms with van der Waals surface area (Å²) in [6, 6.07) is 12.0. The van der Waals surface area contributed by atoms with E-state index < -0.39 is 0 Å². The first-order valence-corrected chi connectivity index (χ1v) is 4.51. The summed E-state index contributed by atoms with van der Waals surface area (Å²) < 4.78 is 1.09. The number of benzene rings is 2. The molecule has 0 atom stereocenters. The van der Waals surface area contributed by atoms with Crippen molar-refractivity contribution in [2.24, 2.45) is 0 Å². The van der Waals surface area contributed by atoms with Crippen molar-refractivity contribution in [3.8, 4) is 0 Å². The molecule has 12 heavy (non-hydrogen) atoms. The zero-order valence-electron chi connectivity index (χ0n) is 6.42.